The number of amides is 1. The summed E-state index contributed by atoms with van der Waals surface area (Å²) in [5, 5.41) is 3.35. The Hall–Kier alpha value is -2.71. The van der Waals surface area contributed by atoms with Crippen molar-refractivity contribution >= 4 is 17.9 Å². The van der Waals surface area contributed by atoms with Crippen LogP contribution in [-0.2, 0) is 11.3 Å². The van der Waals surface area contributed by atoms with Gasteiger partial charge in [-0.05, 0) is 44.0 Å². The number of likely N-dealkylation sites (tertiary alicyclic amines) is 1. The number of anilines is 2. The van der Waals surface area contributed by atoms with Crippen molar-refractivity contribution in [1.29, 1.82) is 0 Å². The Bertz CT molecular complexity index is 922. The summed E-state index contributed by atoms with van der Waals surface area (Å²) in [6.07, 6.45) is 3.95. The Kier molecular flexibility index (Phi) is 5.50. The van der Waals surface area contributed by atoms with Gasteiger partial charge in [-0.25, -0.2) is 9.78 Å². The van der Waals surface area contributed by atoms with Gasteiger partial charge in [0.1, 0.15) is 12.4 Å². The van der Waals surface area contributed by atoms with E-state index < -0.39 is 0 Å². The number of fused-ring (bicyclic) bond motifs is 2. The number of aromatic nitrogens is 2. The summed E-state index contributed by atoms with van der Waals surface area (Å²) in [4.78, 5) is 27.3. The van der Waals surface area contributed by atoms with Crippen LogP contribution in [0.3, 0.4) is 0 Å². The largest absolute Gasteiger partial charge is 0.447 e. The Labute approximate surface area is 183 Å². The molecule has 31 heavy (non-hydrogen) atoms. The average molecular weight is 423 g/mol. The van der Waals surface area contributed by atoms with Gasteiger partial charge < -0.3 is 15.0 Å². The van der Waals surface area contributed by atoms with Crippen molar-refractivity contribution in [3.05, 3.63) is 47.7 Å². The lowest BCUT2D eigenvalue weighted by Gasteiger charge is -2.39. The fourth-order valence-electron chi connectivity index (χ4n) is 5.03. The van der Waals surface area contributed by atoms with E-state index in [4.69, 9.17) is 4.74 Å². The minimum Gasteiger partial charge on any atom is -0.447 e. The molecule has 1 aromatic heterocycles. The fourth-order valence-corrected chi connectivity index (χ4v) is 5.03. The summed E-state index contributed by atoms with van der Waals surface area (Å²) in [6, 6.07) is 12.0. The highest BCUT2D eigenvalue weighted by Gasteiger charge is 2.38. The van der Waals surface area contributed by atoms with Crippen LogP contribution >= 0.6 is 0 Å². The lowest BCUT2D eigenvalue weighted by Crippen LogP contribution is -2.51. The Balaban J connectivity index is 1.22. The Morgan fingerprint density at radius 2 is 1.90 bits per heavy atom. The second-order valence-electron chi connectivity index (χ2n) is 8.89. The van der Waals surface area contributed by atoms with Crippen LogP contribution in [0.1, 0.15) is 36.9 Å². The van der Waals surface area contributed by atoms with Gasteiger partial charge in [0.25, 0.3) is 0 Å². The summed E-state index contributed by atoms with van der Waals surface area (Å²) >= 11 is 0. The van der Waals surface area contributed by atoms with Crippen LogP contribution in [0.25, 0.3) is 0 Å². The van der Waals surface area contributed by atoms with E-state index in [1.807, 2.05) is 0 Å². The number of hydrogen-bond acceptors (Lipinski definition) is 7. The summed E-state index contributed by atoms with van der Waals surface area (Å²) in [6.45, 7) is 6.40. The first-order valence-electron chi connectivity index (χ1n) is 11.1. The van der Waals surface area contributed by atoms with Gasteiger partial charge in [0.15, 0.2) is 0 Å². The molecular weight excluding hydrogens is 392 g/mol. The maximum absolute atomic E-state index is 11.8. The van der Waals surface area contributed by atoms with Crippen LogP contribution in [0.15, 0.2) is 36.5 Å². The molecule has 5 rings (SSSR count). The molecule has 0 radical (unpaired) electrons. The highest BCUT2D eigenvalue weighted by atomic mass is 16.6. The zero-order chi connectivity index (χ0) is 21.4. The summed E-state index contributed by atoms with van der Waals surface area (Å²) in [5.74, 6) is 1.06. The number of cyclic esters (lactones) is 1. The molecule has 3 atom stereocenters. The van der Waals surface area contributed by atoms with E-state index in [0.717, 1.165) is 6.54 Å². The van der Waals surface area contributed by atoms with Crippen molar-refractivity contribution in [3.63, 3.8) is 0 Å². The van der Waals surface area contributed by atoms with E-state index in [0.29, 0.717) is 37.0 Å². The molecule has 164 valence electrons. The molecule has 1 amide bonds. The van der Waals surface area contributed by atoms with Gasteiger partial charge in [-0.15, -0.1) is 0 Å². The van der Waals surface area contributed by atoms with E-state index in [1.165, 1.54) is 42.0 Å². The smallest absolute Gasteiger partial charge is 0.415 e. The second-order valence-corrected chi connectivity index (χ2v) is 8.89. The number of nitrogens with zero attached hydrogens (tertiary/aromatic N) is 5. The van der Waals surface area contributed by atoms with Gasteiger partial charge in [0.2, 0.25) is 5.95 Å². The zero-order valence-corrected chi connectivity index (χ0v) is 18.2. The van der Waals surface area contributed by atoms with Crippen LogP contribution in [0.5, 0.6) is 0 Å². The van der Waals surface area contributed by atoms with Crippen LogP contribution in [-0.4, -0.2) is 71.2 Å². The van der Waals surface area contributed by atoms with Crippen molar-refractivity contribution in [2.75, 3.05) is 43.5 Å². The third-order valence-electron chi connectivity index (χ3n) is 6.68. The minimum atomic E-state index is -0.359. The number of carbonyl (C=O) groups excluding carboxylic acids is 1. The lowest BCUT2D eigenvalue weighted by molar-refractivity contribution is 0.0760. The summed E-state index contributed by atoms with van der Waals surface area (Å²) < 4.78 is 5.00. The maximum Gasteiger partial charge on any atom is 0.415 e. The molecule has 2 aromatic rings. The predicted molar refractivity (Wildman–Crippen MR) is 119 cm³/mol. The van der Waals surface area contributed by atoms with Crippen molar-refractivity contribution in [2.24, 2.45) is 0 Å². The zero-order valence-electron chi connectivity index (χ0n) is 18.2. The quantitative estimate of drug-likeness (QED) is 0.767. The van der Waals surface area contributed by atoms with Crippen molar-refractivity contribution in [1.82, 2.24) is 19.8 Å². The Morgan fingerprint density at radius 3 is 2.58 bits per heavy atom. The molecule has 0 aliphatic carbocycles. The number of ether oxygens (including phenoxy) is 1. The molecule has 2 bridgehead atoms. The molecule has 1 aromatic carbocycles. The van der Waals surface area contributed by atoms with Gasteiger partial charge in [-0.2, -0.15) is 4.98 Å². The molecule has 0 saturated carbocycles. The SMILES string of the molecule is CC(Nc1nccc(N2CCOC2=O)n1)c1ccc(CN2C3CCC2CN(C)C3)cc1. The molecule has 3 fully saturated rings. The number of hydrogen-bond donors (Lipinski definition) is 1. The fraction of sp³-hybridized carbons (Fsp3) is 0.522. The molecule has 3 unspecified atom stereocenters. The number of carbonyl (C=O) groups is 1. The molecule has 8 heteroatoms. The van der Waals surface area contributed by atoms with Gasteiger partial charge in [0.05, 0.1) is 12.6 Å². The van der Waals surface area contributed by atoms with Gasteiger partial charge in [0, 0.05) is 37.9 Å². The lowest BCUT2D eigenvalue weighted by atomic mass is 10.0. The molecule has 3 aliphatic rings. The maximum atomic E-state index is 11.8. The van der Waals surface area contributed by atoms with Crippen LogP contribution in [0.4, 0.5) is 16.6 Å². The van der Waals surface area contributed by atoms with Gasteiger partial charge in [-0.3, -0.25) is 9.80 Å². The highest BCUT2D eigenvalue weighted by molar-refractivity contribution is 5.88. The first kappa shape index (κ1) is 20.2. The molecule has 0 spiro atoms. The van der Waals surface area contributed by atoms with Gasteiger partial charge >= 0.3 is 6.09 Å². The van der Waals surface area contributed by atoms with E-state index >= 15 is 0 Å². The van der Waals surface area contributed by atoms with Crippen molar-refractivity contribution in [2.45, 2.75) is 44.4 Å². The monoisotopic (exact) mass is 422 g/mol. The van der Waals surface area contributed by atoms with E-state index in [-0.39, 0.29) is 12.1 Å². The van der Waals surface area contributed by atoms with E-state index in [9.17, 15) is 4.79 Å². The van der Waals surface area contributed by atoms with Crippen LogP contribution < -0.4 is 10.2 Å². The van der Waals surface area contributed by atoms with Crippen molar-refractivity contribution < 1.29 is 9.53 Å². The molecule has 4 heterocycles. The highest BCUT2D eigenvalue weighted by Crippen LogP contribution is 2.31. The summed E-state index contributed by atoms with van der Waals surface area (Å²) in [7, 11) is 2.24. The molecule has 8 nitrogen and oxygen atoms in total. The van der Waals surface area contributed by atoms with Crippen LogP contribution in [0.2, 0.25) is 0 Å². The molecule has 3 saturated heterocycles. The first-order valence-corrected chi connectivity index (χ1v) is 11.1. The van der Waals surface area contributed by atoms with E-state index in [1.54, 1.807) is 12.3 Å². The van der Waals surface area contributed by atoms with E-state index in [2.05, 4.69) is 63.3 Å². The topological polar surface area (TPSA) is 73.8 Å². The van der Waals surface area contributed by atoms with Crippen LogP contribution in [0, 0.1) is 0 Å². The standard InChI is InChI=1S/C23H30N6O2/c1-16(25-22-24-10-9-21(26-22)28-11-12-31-23(28)30)18-5-3-17(4-6-18)13-29-19-7-8-20(29)15-27(2)14-19/h3-6,9-10,16,19-20H,7-8,11-15H2,1-2H3,(H,24,25,26). The predicted octanol–water partition coefficient (Wildman–Crippen LogP) is 2.88. The average Bonchev–Trinajstić information content (AvgIpc) is 3.29. The Morgan fingerprint density at radius 1 is 1.16 bits per heavy atom. The number of likely N-dealkylation sites (N-methyl/N-ethyl adjacent to an activating group) is 1. The first-order chi connectivity index (χ1) is 15.1. The molecule has 3 aliphatic heterocycles. The number of nitrogens with one attached hydrogen (secondary N) is 1. The third-order valence-corrected chi connectivity index (χ3v) is 6.68. The number of benzene rings is 1. The summed E-state index contributed by atoms with van der Waals surface area (Å²) in [5.41, 5.74) is 2.54. The van der Waals surface area contributed by atoms with Gasteiger partial charge in [-0.1, -0.05) is 24.3 Å². The van der Waals surface area contributed by atoms with Crippen molar-refractivity contribution in [3.8, 4) is 0 Å². The number of rotatable bonds is 6. The molecular formula is C23H30N6O2. The minimum absolute atomic E-state index is 0.0506. The normalized spacial score (nSPS) is 25.0. The third kappa shape index (κ3) is 4.22. The number of piperazine rings is 1. The molecule has 1 N–H and O–H groups in total. The second kappa shape index (κ2) is 8.43.